The summed E-state index contributed by atoms with van der Waals surface area (Å²) in [5, 5.41) is 26.3. The molecule has 1 atom stereocenters. The van der Waals surface area contributed by atoms with Crippen LogP contribution in [0.5, 0.6) is 11.5 Å². The van der Waals surface area contributed by atoms with Crippen molar-refractivity contribution in [3.63, 3.8) is 0 Å². The van der Waals surface area contributed by atoms with E-state index in [0.717, 1.165) is 0 Å². The minimum absolute atomic E-state index is 0.0342. The lowest BCUT2D eigenvalue weighted by Gasteiger charge is -2.10. The maximum atomic E-state index is 9.86. The summed E-state index contributed by atoms with van der Waals surface area (Å²) in [6.45, 7) is 0.479. The van der Waals surface area contributed by atoms with Crippen LogP contribution in [0.3, 0.4) is 0 Å². The highest BCUT2D eigenvalue weighted by atomic mass is 16.5. The molecule has 0 fully saturated rings. The molecule has 2 rings (SSSR count). The molecule has 21 heavy (non-hydrogen) atoms. The summed E-state index contributed by atoms with van der Waals surface area (Å²) in [5.41, 5.74) is 0.543. The Labute approximate surface area is 121 Å². The van der Waals surface area contributed by atoms with Crippen molar-refractivity contribution >= 4 is 6.21 Å². The molecule has 3 N–H and O–H groups in total. The van der Waals surface area contributed by atoms with E-state index in [-0.39, 0.29) is 19.0 Å². The van der Waals surface area contributed by atoms with E-state index in [4.69, 9.17) is 4.74 Å². The lowest BCUT2D eigenvalue weighted by Crippen LogP contribution is -2.33. The highest BCUT2D eigenvalue weighted by molar-refractivity contribution is 5.84. The van der Waals surface area contributed by atoms with Crippen LogP contribution in [0.2, 0.25) is 0 Å². The smallest absolute Gasteiger partial charge is 0.166 e. The molecule has 0 radical (unpaired) electrons. The normalized spacial score (nSPS) is 12.7. The van der Waals surface area contributed by atoms with Gasteiger partial charge < -0.3 is 14.9 Å². The van der Waals surface area contributed by atoms with E-state index >= 15 is 0 Å². The van der Waals surface area contributed by atoms with Crippen LogP contribution in [0.15, 0.2) is 35.8 Å². The number of methoxy groups -OCH3 is 1. The molecule has 112 valence electrons. The number of rotatable bonds is 7. The summed E-state index contributed by atoms with van der Waals surface area (Å²) >= 11 is 0. The molecular formula is C13H17N5O3. The van der Waals surface area contributed by atoms with E-state index in [0.29, 0.717) is 11.3 Å². The Morgan fingerprint density at radius 1 is 1.52 bits per heavy atom. The molecule has 1 unspecified atom stereocenters. The number of hydrogen-bond donors (Lipinski definition) is 3. The zero-order valence-electron chi connectivity index (χ0n) is 11.5. The fraction of sp³-hybridized carbons (Fsp3) is 0.308. The second-order valence-corrected chi connectivity index (χ2v) is 4.21. The average molecular weight is 291 g/mol. The molecule has 0 aliphatic rings. The Bertz CT molecular complexity index is 585. The van der Waals surface area contributed by atoms with Crippen LogP contribution >= 0.6 is 0 Å². The maximum Gasteiger partial charge on any atom is 0.166 e. The molecule has 2 aromatic rings. The van der Waals surface area contributed by atoms with Crippen LogP contribution < -0.4 is 10.1 Å². The highest BCUT2D eigenvalue weighted by Gasteiger charge is 2.05. The lowest BCUT2D eigenvalue weighted by molar-refractivity contribution is 0.115. The Morgan fingerprint density at radius 2 is 2.38 bits per heavy atom. The van der Waals surface area contributed by atoms with Gasteiger partial charge in [0.2, 0.25) is 0 Å². The zero-order valence-corrected chi connectivity index (χ0v) is 11.5. The number of nitrogens with zero attached hydrogens (tertiary/aromatic N) is 4. The third-order valence-electron chi connectivity index (χ3n) is 2.73. The van der Waals surface area contributed by atoms with Gasteiger partial charge in [0.25, 0.3) is 0 Å². The number of ether oxygens (including phenoxy) is 1. The van der Waals surface area contributed by atoms with Gasteiger partial charge in [-0.1, -0.05) is 6.07 Å². The van der Waals surface area contributed by atoms with Gasteiger partial charge in [0, 0.05) is 11.8 Å². The summed E-state index contributed by atoms with van der Waals surface area (Å²) in [5.74, 6) is 0.421. The number of nitrogens with one attached hydrogen (secondary N) is 1. The number of aliphatic imine (C=N–C) groups is 1. The summed E-state index contributed by atoms with van der Waals surface area (Å²) in [6, 6.07) is 5.13. The molecule has 1 heterocycles. The zero-order chi connectivity index (χ0) is 15.1. The van der Waals surface area contributed by atoms with Gasteiger partial charge in [0.15, 0.2) is 11.5 Å². The number of aliphatic hydroxyl groups excluding tert-OH is 1. The minimum atomic E-state index is -0.789. The van der Waals surface area contributed by atoms with Crippen molar-refractivity contribution < 1.29 is 14.9 Å². The van der Waals surface area contributed by atoms with Crippen LogP contribution in [-0.2, 0) is 6.54 Å². The fourth-order valence-corrected chi connectivity index (χ4v) is 1.68. The first kappa shape index (κ1) is 14.9. The van der Waals surface area contributed by atoms with E-state index in [1.807, 2.05) is 0 Å². The van der Waals surface area contributed by atoms with Crippen LogP contribution in [-0.4, -0.2) is 51.2 Å². The summed E-state index contributed by atoms with van der Waals surface area (Å²) < 4.78 is 6.52. The molecule has 0 bridgehead atoms. The topological polar surface area (TPSA) is 105 Å². The number of aromatic hydroxyl groups is 1. The van der Waals surface area contributed by atoms with E-state index in [1.54, 1.807) is 18.2 Å². The van der Waals surface area contributed by atoms with Gasteiger partial charge in [-0.15, -0.1) is 0 Å². The molecule has 0 saturated carbocycles. The SMILES string of the molecule is COc1cccc(/C=N/CNC(O)Cn2cncn2)c1O. The Kier molecular flexibility index (Phi) is 5.24. The summed E-state index contributed by atoms with van der Waals surface area (Å²) in [4.78, 5) is 7.87. The number of phenols is 1. The van der Waals surface area contributed by atoms with Crippen LogP contribution in [0.4, 0.5) is 0 Å². The maximum absolute atomic E-state index is 9.86. The van der Waals surface area contributed by atoms with Crippen molar-refractivity contribution in [3.05, 3.63) is 36.4 Å². The molecule has 0 saturated heterocycles. The summed E-state index contributed by atoms with van der Waals surface area (Å²) in [7, 11) is 1.48. The monoisotopic (exact) mass is 291 g/mol. The molecule has 1 aromatic heterocycles. The van der Waals surface area contributed by atoms with Crippen molar-refractivity contribution in [1.82, 2.24) is 20.1 Å². The van der Waals surface area contributed by atoms with Crippen molar-refractivity contribution in [2.75, 3.05) is 13.8 Å². The first-order chi connectivity index (χ1) is 10.2. The largest absolute Gasteiger partial charge is 0.504 e. The molecule has 0 aliphatic carbocycles. The minimum Gasteiger partial charge on any atom is -0.504 e. The number of hydrogen-bond acceptors (Lipinski definition) is 7. The predicted molar refractivity (Wildman–Crippen MR) is 76.3 cm³/mol. The molecule has 0 spiro atoms. The Morgan fingerprint density at radius 3 is 3.10 bits per heavy atom. The van der Waals surface area contributed by atoms with Crippen LogP contribution in [0, 0.1) is 0 Å². The standard InChI is InChI=1S/C13H17N5O3/c1-21-11-4-2-3-10(13(11)20)5-14-7-16-12(19)6-18-9-15-8-17-18/h2-5,8-9,12,16,19-20H,6-7H2,1H3/b14-5+. The summed E-state index contributed by atoms with van der Waals surface area (Å²) in [6.07, 6.45) is 3.63. The predicted octanol–water partition coefficient (Wildman–Crippen LogP) is -0.0231. The third kappa shape index (κ3) is 4.26. The molecule has 8 nitrogen and oxygen atoms in total. The Hall–Kier alpha value is -2.45. The Balaban J connectivity index is 1.82. The highest BCUT2D eigenvalue weighted by Crippen LogP contribution is 2.27. The lowest BCUT2D eigenvalue weighted by atomic mass is 10.2. The van der Waals surface area contributed by atoms with Gasteiger partial charge in [-0.3, -0.25) is 10.3 Å². The van der Waals surface area contributed by atoms with Gasteiger partial charge >= 0.3 is 0 Å². The quantitative estimate of drug-likeness (QED) is 0.489. The van der Waals surface area contributed by atoms with Gasteiger partial charge in [0.05, 0.1) is 20.3 Å². The van der Waals surface area contributed by atoms with Crippen LogP contribution in [0.1, 0.15) is 5.56 Å². The van der Waals surface area contributed by atoms with Gasteiger partial charge in [-0.2, -0.15) is 5.10 Å². The number of benzene rings is 1. The van der Waals surface area contributed by atoms with Crippen molar-refractivity contribution in [2.24, 2.45) is 4.99 Å². The molecule has 0 aliphatic heterocycles. The third-order valence-corrected chi connectivity index (χ3v) is 2.73. The number of aromatic nitrogens is 3. The van der Waals surface area contributed by atoms with E-state index < -0.39 is 6.23 Å². The average Bonchev–Trinajstić information content (AvgIpc) is 2.98. The van der Waals surface area contributed by atoms with Crippen molar-refractivity contribution in [2.45, 2.75) is 12.8 Å². The number of phenolic OH excluding ortho intramolecular Hbond substituents is 1. The van der Waals surface area contributed by atoms with Gasteiger partial charge in [-0.25, -0.2) is 9.67 Å². The van der Waals surface area contributed by atoms with E-state index in [2.05, 4.69) is 20.4 Å². The first-order valence-corrected chi connectivity index (χ1v) is 6.30. The fourth-order valence-electron chi connectivity index (χ4n) is 1.68. The van der Waals surface area contributed by atoms with Gasteiger partial charge in [0.1, 0.15) is 18.9 Å². The molecule has 0 amide bonds. The number of aliphatic hydroxyl groups is 1. The number of para-hydroxylation sites is 1. The van der Waals surface area contributed by atoms with Crippen molar-refractivity contribution in [3.8, 4) is 11.5 Å². The second-order valence-electron chi connectivity index (χ2n) is 4.21. The van der Waals surface area contributed by atoms with Crippen LogP contribution in [0.25, 0.3) is 0 Å². The van der Waals surface area contributed by atoms with Gasteiger partial charge in [-0.05, 0) is 12.1 Å². The molecular weight excluding hydrogens is 274 g/mol. The first-order valence-electron chi connectivity index (χ1n) is 6.30. The van der Waals surface area contributed by atoms with Crippen molar-refractivity contribution in [1.29, 1.82) is 0 Å². The molecule has 8 heteroatoms. The second kappa shape index (κ2) is 7.36. The van der Waals surface area contributed by atoms with E-state index in [9.17, 15) is 10.2 Å². The molecule has 1 aromatic carbocycles. The van der Waals surface area contributed by atoms with E-state index in [1.165, 1.54) is 30.7 Å².